The molecular formula is C29H22ClF4N5O3S. The van der Waals surface area contributed by atoms with E-state index in [1.165, 1.54) is 42.1 Å². The number of benzene rings is 3. The molecule has 0 saturated carbocycles. The average Bonchev–Trinajstić information content (AvgIpc) is 3.46. The molecule has 1 amide bonds. The summed E-state index contributed by atoms with van der Waals surface area (Å²) in [5.41, 5.74) is -3.99. The topological polar surface area (TPSA) is 111 Å². The van der Waals surface area contributed by atoms with E-state index in [9.17, 15) is 33.1 Å². The van der Waals surface area contributed by atoms with Crippen LogP contribution in [0.25, 0.3) is 5.69 Å². The number of hydrogen-bond donors (Lipinski definition) is 2. The van der Waals surface area contributed by atoms with E-state index in [-0.39, 0.29) is 23.2 Å². The van der Waals surface area contributed by atoms with E-state index in [4.69, 9.17) is 11.8 Å². The third-order valence-corrected chi connectivity index (χ3v) is 7.58. The number of amides is 1. The van der Waals surface area contributed by atoms with Crippen molar-refractivity contribution >= 4 is 46.8 Å². The number of carboxylic acid groups (broad SMARTS) is 1. The van der Waals surface area contributed by atoms with Gasteiger partial charge in [-0.2, -0.15) is 35.3 Å². The quantitative estimate of drug-likeness (QED) is 0.145. The molecular weight excluding hydrogens is 610 g/mol. The third-order valence-electron chi connectivity index (χ3n) is 6.48. The molecule has 1 atom stereocenters. The highest BCUT2D eigenvalue weighted by molar-refractivity contribution is 7.98. The van der Waals surface area contributed by atoms with Crippen LogP contribution in [0.15, 0.2) is 78.9 Å². The van der Waals surface area contributed by atoms with Crippen molar-refractivity contribution in [2.24, 2.45) is 0 Å². The number of rotatable bonds is 10. The lowest BCUT2D eigenvalue weighted by atomic mass is 9.86. The summed E-state index contributed by atoms with van der Waals surface area (Å²) >= 11 is 8.03. The van der Waals surface area contributed by atoms with Crippen LogP contribution in [0.3, 0.4) is 0 Å². The fraction of sp³-hybridized carbons (Fsp3) is 0.172. The number of carbonyl (C=O) groups is 2. The number of thioether (sulfide) groups is 1. The predicted octanol–water partition coefficient (Wildman–Crippen LogP) is 6.85. The first kappa shape index (κ1) is 31.4. The number of aliphatic carboxylic acids is 1. The molecule has 14 heteroatoms. The van der Waals surface area contributed by atoms with Crippen molar-refractivity contribution in [1.82, 2.24) is 9.78 Å². The van der Waals surface area contributed by atoms with Crippen LogP contribution >= 0.6 is 23.5 Å². The molecule has 0 bridgehead atoms. The first-order valence-electron chi connectivity index (χ1n) is 12.4. The number of carbonyl (C=O) groups excluding carboxylic acids is 1. The van der Waals surface area contributed by atoms with Gasteiger partial charge in [-0.25, -0.2) is 13.9 Å². The first-order chi connectivity index (χ1) is 20.4. The summed E-state index contributed by atoms with van der Waals surface area (Å²) in [5, 5.41) is 25.4. The van der Waals surface area contributed by atoms with E-state index in [0.717, 1.165) is 16.6 Å². The highest BCUT2D eigenvalue weighted by atomic mass is 35.5. The number of aromatic nitrogens is 2. The molecule has 0 spiro atoms. The van der Waals surface area contributed by atoms with Gasteiger partial charge >= 0.3 is 12.1 Å². The molecule has 0 radical (unpaired) electrons. The van der Waals surface area contributed by atoms with Crippen LogP contribution in [-0.4, -0.2) is 38.8 Å². The Morgan fingerprint density at radius 2 is 1.81 bits per heavy atom. The van der Waals surface area contributed by atoms with Crippen LogP contribution < -0.4 is 9.74 Å². The van der Waals surface area contributed by atoms with Gasteiger partial charge in [0.15, 0.2) is 11.2 Å². The van der Waals surface area contributed by atoms with Gasteiger partial charge in [0.25, 0.3) is 5.91 Å². The van der Waals surface area contributed by atoms with Crippen molar-refractivity contribution < 1.29 is 32.3 Å². The lowest BCUT2D eigenvalue weighted by molar-refractivity contribution is -0.143. The normalized spacial score (nSPS) is 12.7. The van der Waals surface area contributed by atoms with E-state index in [1.807, 2.05) is 6.07 Å². The summed E-state index contributed by atoms with van der Waals surface area (Å²) in [6, 6.07) is 19.2. The largest absolute Gasteiger partial charge is 0.479 e. The number of anilines is 2. The fourth-order valence-corrected chi connectivity index (χ4v) is 5.22. The van der Waals surface area contributed by atoms with Gasteiger partial charge in [0.1, 0.15) is 11.5 Å². The molecule has 3 aromatic carbocycles. The number of hydrogen-bond acceptors (Lipinski definition) is 6. The maximum atomic E-state index is 15.1. The summed E-state index contributed by atoms with van der Waals surface area (Å²) in [4.78, 5) is 26.2. The highest BCUT2D eigenvalue weighted by Crippen LogP contribution is 2.40. The molecule has 0 aliphatic heterocycles. The third kappa shape index (κ3) is 6.45. The molecule has 4 rings (SSSR count). The molecule has 0 aliphatic carbocycles. The van der Waals surface area contributed by atoms with Gasteiger partial charge in [0.2, 0.25) is 0 Å². The number of halogens is 5. The number of carboxylic acids is 1. The monoisotopic (exact) mass is 631 g/mol. The molecule has 2 N–H and O–H groups in total. The van der Waals surface area contributed by atoms with E-state index in [2.05, 4.69) is 10.4 Å². The molecule has 43 heavy (non-hydrogen) atoms. The van der Waals surface area contributed by atoms with Crippen molar-refractivity contribution in [2.75, 3.05) is 21.7 Å². The average molecular weight is 632 g/mol. The SMILES string of the molecule is CSCC[C@@](C(=O)O)(c1ccc(F)c(NC(=O)c2cc(C(F)(F)F)nn2-c2cccc(C#N)c2)c1)N(Cl)c1ccccc1. The van der Waals surface area contributed by atoms with Gasteiger partial charge in [-0.1, -0.05) is 30.3 Å². The molecule has 0 unspecified atom stereocenters. The molecule has 0 fully saturated rings. The minimum absolute atomic E-state index is 0.0100. The number of nitriles is 1. The minimum atomic E-state index is -4.92. The summed E-state index contributed by atoms with van der Waals surface area (Å²) in [6.45, 7) is 0. The van der Waals surface area contributed by atoms with Crippen LogP contribution in [0.4, 0.5) is 28.9 Å². The number of nitrogens with one attached hydrogen (secondary N) is 1. The Morgan fingerprint density at radius 3 is 2.44 bits per heavy atom. The maximum Gasteiger partial charge on any atom is 0.435 e. The van der Waals surface area contributed by atoms with Crippen molar-refractivity contribution in [1.29, 1.82) is 5.26 Å². The summed E-state index contributed by atoms with van der Waals surface area (Å²) in [5.74, 6) is -3.16. The zero-order valence-corrected chi connectivity index (χ0v) is 23.8. The van der Waals surface area contributed by atoms with E-state index in [1.54, 1.807) is 36.6 Å². The number of nitrogens with zero attached hydrogens (tertiary/aromatic N) is 4. The lowest BCUT2D eigenvalue weighted by Crippen LogP contribution is -2.48. The Bertz CT molecular complexity index is 1690. The van der Waals surface area contributed by atoms with Crippen molar-refractivity contribution in [3.05, 3.63) is 107 Å². The molecule has 0 aliphatic rings. The summed E-state index contributed by atoms with van der Waals surface area (Å²) < 4.78 is 57.5. The molecule has 222 valence electrons. The van der Waals surface area contributed by atoms with Crippen LogP contribution in [0.5, 0.6) is 0 Å². The Balaban J connectivity index is 1.80. The zero-order valence-electron chi connectivity index (χ0n) is 22.3. The van der Waals surface area contributed by atoms with Gasteiger partial charge < -0.3 is 10.4 Å². The maximum absolute atomic E-state index is 15.1. The van der Waals surface area contributed by atoms with E-state index in [0.29, 0.717) is 22.2 Å². The Morgan fingerprint density at radius 1 is 1.09 bits per heavy atom. The van der Waals surface area contributed by atoms with Gasteiger partial charge in [-0.3, -0.25) is 9.21 Å². The second kappa shape index (κ2) is 12.8. The van der Waals surface area contributed by atoms with Gasteiger partial charge in [-0.05, 0) is 66.5 Å². The van der Waals surface area contributed by atoms with Crippen molar-refractivity contribution in [3.8, 4) is 11.8 Å². The first-order valence-corrected chi connectivity index (χ1v) is 14.2. The second-order valence-electron chi connectivity index (χ2n) is 9.16. The smallest absolute Gasteiger partial charge is 0.435 e. The van der Waals surface area contributed by atoms with Crippen LogP contribution in [0.2, 0.25) is 0 Å². The number of para-hydroxylation sites is 1. The van der Waals surface area contributed by atoms with Crippen LogP contribution in [-0.2, 0) is 16.5 Å². The van der Waals surface area contributed by atoms with Crippen molar-refractivity contribution in [3.63, 3.8) is 0 Å². The van der Waals surface area contributed by atoms with Crippen LogP contribution in [0.1, 0.15) is 33.7 Å². The summed E-state index contributed by atoms with van der Waals surface area (Å²) in [7, 11) is 0. The zero-order chi connectivity index (χ0) is 31.4. The van der Waals surface area contributed by atoms with E-state index < -0.39 is 46.5 Å². The minimum Gasteiger partial charge on any atom is -0.479 e. The van der Waals surface area contributed by atoms with Gasteiger partial charge in [0.05, 0.1) is 28.7 Å². The molecule has 1 heterocycles. The Kier molecular flexibility index (Phi) is 9.32. The Hall–Kier alpha value is -4.54. The molecule has 8 nitrogen and oxygen atoms in total. The molecule has 0 saturated heterocycles. The van der Waals surface area contributed by atoms with Gasteiger partial charge in [0, 0.05) is 17.8 Å². The van der Waals surface area contributed by atoms with Crippen molar-refractivity contribution in [2.45, 2.75) is 18.1 Å². The standard InChI is InChI=1S/C29H22ClF4N5O3S/c1-43-13-12-28(27(41)42,39(30)20-7-3-2-4-8-20)19-10-11-22(31)23(15-19)36-26(40)24-16-25(29(32,33)34)37-38(24)21-9-5-6-18(14-21)17-35/h2-11,14-16H,12-13H2,1H3,(H,36,40)(H,41,42)/t28-/m0/s1. The second-order valence-corrected chi connectivity index (χ2v) is 10.5. The predicted molar refractivity (Wildman–Crippen MR) is 155 cm³/mol. The van der Waals surface area contributed by atoms with E-state index >= 15 is 4.39 Å². The van der Waals surface area contributed by atoms with Gasteiger partial charge in [-0.15, -0.1) is 0 Å². The summed E-state index contributed by atoms with van der Waals surface area (Å²) in [6.07, 6.45) is -3.18. The lowest BCUT2D eigenvalue weighted by Gasteiger charge is -2.38. The number of alkyl halides is 3. The molecule has 1 aromatic heterocycles. The highest BCUT2D eigenvalue weighted by Gasteiger charge is 2.46. The van der Waals surface area contributed by atoms with Crippen LogP contribution in [0, 0.1) is 17.1 Å². The molecule has 4 aromatic rings. The fourth-order valence-electron chi connectivity index (χ4n) is 4.35. The Labute approximate surface area is 252 Å².